The van der Waals surface area contributed by atoms with E-state index in [2.05, 4.69) is 10.1 Å². The Labute approximate surface area is 117 Å². The third kappa shape index (κ3) is 3.71. The molecule has 19 heavy (non-hydrogen) atoms. The molecule has 102 valence electrons. The number of hydrogen-bond acceptors (Lipinski definition) is 4. The van der Waals surface area contributed by atoms with Gasteiger partial charge in [0.1, 0.15) is 5.75 Å². The molecule has 0 atom stereocenters. The molecular weight excluding hydrogens is 294 g/mol. The fourth-order valence-electron chi connectivity index (χ4n) is 1.48. The van der Waals surface area contributed by atoms with Crippen molar-refractivity contribution in [2.75, 3.05) is 11.1 Å². The van der Waals surface area contributed by atoms with Crippen LogP contribution in [0, 0.1) is 0 Å². The van der Waals surface area contributed by atoms with Crippen LogP contribution in [0.15, 0.2) is 29.6 Å². The topological polar surface area (TPSA) is 47.3 Å². The van der Waals surface area contributed by atoms with Gasteiger partial charge in [-0.25, -0.2) is 0 Å². The van der Waals surface area contributed by atoms with Crippen molar-refractivity contribution >= 4 is 34.3 Å². The Bertz CT molecular complexity index is 562. The van der Waals surface area contributed by atoms with Crippen LogP contribution >= 0.6 is 22.9 Å². The smallest absolute Gasteiger partial charge is 0.387 e. The summed E-state index contributed by atoms with van der Waals surface area (Å²) in [5.74, 6) is -0.0437. The average Bonchev–Trinajstić information content (AvgIpc) is 2.75. The normalized spacial score (nSPS) is 10.7. The van der Waals surface area contributed by atoms with E-state index < -0.39 is 6.61 Å². The van der Waals surface area contributed by atoms with E-state index in [-0.39, 0.29) is 10.8 Å². The van der Waals surface area contributed by atoms with E-state index in [9.17, 15) is 8.78 Å². The molecule has 0 aliphatic heterocycles. The molecule has 1 aromatic carbocycles. The third-order valence-electron chi connectivity index (χ3n) is 2.38. The minimum Gasteiger partial charge on any atom is -0.433 e. The number of benzene rings is 1. The largest absolute Gasteiger partial charge is 0.433 e. The van der Waals surface area contributed by atoms with Gasteiger partial charge in [-0.2, -0.15) is 8.78 Å². The number of nitrogens with one attached hydrogen (secondary N) is 1. The van der Waals surface area contributed by atoms with Gasteiger partial charge in [-0.15, -0.1) is 11.3 Å². The van der Waals surface area contributed by atoms with Crippen LogP contribution in [0.4, 0.5) is 20.2 Å². The van der Waals surface area contributed by atoms with E-state index in [1.54, 1.807) is 17.4 Å². The number of rotatable bonds is 5. The second-order valence-electron chi connectivity index (χ2n) is 3.68. The maximum Gasteiger partial charge on any atom is 0.387 e. The van der Waals surface area contributed by atoms with Gasteiger partial charge in [0.05, 0.1) is 11.6 Å². The SMILES string of the molecule is Nc1ccsc1CNc1ccc(OC(F)F)c(Cl)c1. The molecule has 3 nitrogen and oxygen atoms in total. The molecule has 0 saturated carbocycles. The summed E-state index contributed by atoms with van der Waals surface area (Å²) in [6.45, 7) is -2.34. The van der Waals surface area contributed by atoms with Gasteiger partial charge < -0.3 is 15.8 Å². The van der Waals surface area contributed by atoms with Gasteiger partial charge in [0.2, 0.25) is 0 Å². The Hall–Kier alpha value is -1.53. The molecule has 0 radical (unpaired) electrons. The summed E-state index contributed by atoms with van der Waals surface area (Å²) in [5.41, 5.74) is 7.19. The van der Waals surface area contributed by atoms with Crippen LogP contribution in [0.3, 0.4) is 0 Å². The number of halogens is 3. The third-order valence-corrected chi connectivity index (χ3v) is 3.61. The Balaban J connectivity index is 2.02. The monoisotopic (exact) mass is 304 g/mol. The molecule has 7 heteroatoms. The van der Waals surface area contributed by atoms with E-state index in [0.717, 1.165) is 10.6 Å². The van der Waals surface area contributed by atoms with Crippen molar-refractivity contribution in [3.63, 3.8) is 0 Å². The Morgan fingerprint density at radius 2 is 2.16 bits per heavy atom. The molecule has 0 fully saturated rings. The molecule has 2 aromatic rings. The summed E-state index contributed by atoms with van der Waals surface area (Å²) in [5, 5.41) is 5.14. The van der Waals surface area contributed by atoms with Crippen LogP contribution in [0.1, 0.15) is 4.88 Å². The quantitative estimate of drug-likeness (QED) is 0.870. The van der Waals surface area contributed by atoms with Gasteiger partial charge in [0.25, 0.3) is 0 Å². The highest BCUT2D eigenvalue weighted by Crippen LogP contribution is 2.29. The Kier molecular flexibility index (Phi) is 4.44. The number of thiophene rings is 1. The summed E-state index contributed by atoms with van der Waals surface area (Å²) in [6, 6.07) is 6.37. The lowest BCUT2D eigenvalue weighted by Crippen LogP contribution is -2.03. The highest BCUT2D eigenvalue weighted by molar-refractivity contribution is 7.10. The fraction of sp³-hybridized carbons (Fsp3) is 0.167. The average molecular weight is 305 g/mol. The second kappa shape index (κ2) is 6.08. The fourth-order valence-corrected chi connectivity index (χ4v) is 2.44. The standard InChI is InChI=1S/C12H11ClF2N2OS/c13-8-5-7(1-2-10(8)18-12(14)15)17-6-11-9(16)3-4-19-11/h1-5,12,17H,6,16H2. The Morgan fingerprint density at radius 3 is 2.74 bits per heavy atom. The van der Waals surface area contributed by atoms with Gasteiger partial charge in [-0.1, -0.05) is 11.6 Å². The molecule has 0 aliphatic carbocycles. The van der Waals surface area contributed by atoms with Crippen LogP contribution in [-0.2, 0) is 6.54 Å². The molecule has 1 aromatic heterocycles. The zero-order chi connectivity index (χ0) is 13.8. The van der Waals surface area contributed by atoms with Crippen molar-refractivity contribution in [3.05, 3.63) is 39.5 Å². The van der Waals surface area contributed by atoms with Crippen molar-refractivity contribution in [2.24, 2.45) is 0 Å². The van der Waals surface area contributed by atoms with Crippen LogP contribution in [0.25, 0.3) is 0 Å². The van der Waals surface area contributed by atoms with Gasteiger partial charge >= 0.3 is 6.61 Å². The zero-order valence-corrected chi connectivity index (χ0v) is 11.3. The first-order valence-corrected chi connectivity index (χ1v) is 6.62. The van der Waals surface area contributed by atoms with Crippen LogP contribution < -0.4 is 15.8 Å². The lowest BCUT2D eigenvalue weighted by atomic mass is 10.3. The first kappa shape index (κ1) is 13.9. The molecule has 0 amide bonds. The molecule has 0 spiro atoms. The number of alkyl halides is 2. The maximum absolute atomic E-state index is 12.1. The van der Waals surface area contributed by atoms with Gasteiger partial charge in [0.15, 0.2) is 0 Å². The summed E-state index contributed by atoms with van der Waals surface area (Å²) in [7, 11) is 0. The first-order chi connectivity index (χ1) is 9.06. The van der Waals surface area contributed by atoms with Crippen molar-refractivity contribution < 1.29 is 13.5 Å². The number of anilines is 2. The van der Waals surface area contributed by atoms with Crippen LogP contribution in [-0.4, -0.2) is 6.61 Å². The molecule has 0 bridgehead atoms. The van der Waals surface area contributed by atoms with Gasteiger partial charge in [-0.3, -0.25) is 0 Å². The maximum atomic E-state index is 12.1. The van der Waals surface area contributed by atoms with E-state index in [4.69, 9.17) is 17.3 Å². The van der Waals surface area contributed by atoms with Crippen LogP contribution in [0.2, 0.25) is 5.02 Å². The van der Waals surface area contributed by atoms with E-state index in [1.165, 1.54) is 12.1 Å². The molecule has 0 unspecified atom stereocenters. The predicted octanol–water partition coefficient (Wildman–Crippen LogP) is 4.20. The van der Waals surface area contributed by atoms with Crippen molar-refractivity contribution in [3.8, 4) is 5.75 Å². The van der Waals surface area contributed by atoms with E-state index >= 15 is 0 Å². The molecule has 1 heterocycles. The van der Waals surface area contributed by atoms with Gasteiger partial charge in [-0.05, 0) is 29.6 Å². The summed E-state index contributed by atoms with van der Waals surface area (Å²) >= 11 is 7.39. The first-order valence-electron chi connectivity index (χ1n) is 5.36. The van der Waals surface area contributed by atoms with Crippen LogP contribution in [0.5, 0.6) is 5.75 Å². The molecule has 2 rings (SSSR count). The van der Waals surface area contributed by atoms with Crippen molar-refractivity contribution in [1.82, 2.24) is 0 Å². The minimum atomic E-state index is -2.89. The summed E-state index contributed by atoms with van der Waals surface area (Å²) < 4.78 is 28.4. The van der Waals surface area contributed by atoms with Crippen molar-refractivity contribution in [2.45, 2.75) is 13.2 Å². The second-order valence-corrected chi connectivity index (χ2v) is 5.08. The number of nitrogen functional groups attached to an aromatic ring is 1. The number of hydrogen-bond donors (Lipinski definition) is 2. The molecule has 3 N–H and O–H groups in total. The zero-order valence-electron chi connectivity index (χ0n) is 9.70. The molecular formula is C12H11ClF2N2OS. The Morgan fingerprint density at radius 1 is 1.37 bits per heavy atom. The molecule has 0 aliphatic rings. The number of nitrogens with two attached hydrogens (primary N) is 1. The van der Waals surface area contributed by atoms with Gasteiger partial charge in [0, 0.05) is 16.3 Å². The number of ether oxygens (including phenoxy) is 1. The van der Waals surface area contributed by atoms with Crippen molar-refractivity contribution in [1.29, 1.82) is 0 Å². The predicted molar refractivity (Wildman–Crippen MR) is 74.1 cm³/mol. The highest BCUT2D eigenvalue weighted by Gasteiger charge is 2.09. The summed E-state index contributed by atoms with van der Waals surface area (Å²) in [4.78, 5) is 1.00. The summed E-state index contributed by atoms with van der Waals surface area (Å²) in [6.07, 6.45) is 0. The minimum absolute atomic E-state index is 0.0437. The molecule has 0 saturated heterocycles. The lowest BCUT2D eigenvalue weighted by molar-refractivity contribution is -0.0497. The van der Waals surface area contributed by atoms with E-state index in [1.807, 2.05) is 11.4 Å². The van der Waals surface area contributed by atoms with E-state index in [0.29, 0.717) is 12.2 Å². The highest BCUT2D eigenvalue weighted by atomic mass is 35.5. The lowest BCUT2D eigenvalue weighted by Gasteiger charge is -2.10.